The molecule has 0 spiro atoms. The Kier molecular flexibility index (Phi) is 7.38. The number of aromatic nitrogens is 2. The van der Waals surface area contributed by atoms with Crippen molar-refractivity contribution in [2.45, 2.75) is 0 Å². The minimum absolute atomic E-state index is 0.0938. The van der Waals surface area contributed by atoms with Crippen molar-refractivity contribution in [1.82, 2.24) is 9.13 Å². The molecule has 6 rings (SSSR count). The molecule has 0 amide bonds. The van der Waals surface area contributed by atoms with Crippen LogP contribution in [-0.4, -0.2) is 29.6 Å². The number of benzene rings is 4. The SMILES string of the molecule is O=c1c2ccc(O)cc2c(Br)cn1-c1cccc(O)c1.O=c1c2ccc(O)cc2c(Br)cn1-c1cccc(O)c1. The molecule has 0 atom stereocenters. The molecular formula is C30H20Br2N2O6. The summed E-state index contributed by atoms with van der Waals surface area (Å²) in [5.41, 5.74) is 0.721. The normalized spacial score (nSPS) is 10.8. The van der Waals surface area contributed by atoms with Crippen molar-refractivity contribution in [2.75, 3.05) is 0 Å². The molecule has 2 heterocycles. The molecule has 0 aliphatic carbocycles. The average Bonchev–Trinajstić information content (AvgIpc) is 2.93. The van der Waals surface area contributed by atoms with E-state index in [1.807, 2.05) is 0 Å². The standard InChI is InChI=1S/2C15H10BrNO3/c2*16-14-8-17(9-2-1-3-10(18)6-9)15(20)12-5-4-11(19)7-13(12)14/h2*1-8,18-19H. The second-order valence-corrected chi connectivity index (χ2v) is 10.5. The third kappa shape index (κ3) is 5.31. The fourth-order valence-corrected chi connectivity index (χ4v) is 5.31. The van der Waals surface area contributed by atoms with Crippen molar-refractivity contribution in [1.29, 1.82) is 0 Å². The summed E-state index contributed by atoms with van der Waals surface area (Å²) in [7, 11) is 0. The number of pyridine rings is 2. The van der Waals surface area contributed by atoms with Crippen LogP contribution in [0.15, 0.2) is 116 Å². The van der Waals surface area contributed by atoms with E-state index in [2.05, 4.69) is 31.9 Å². The molecule has 0 aliphatic heterocycles. The van der Waals surface area contributed by atoms with Crippen molar-refractivity contribution in [3.63, 3.8) is 0 Å². The van der Waals surface area contributed by atoms with Crippen LogP contribution in [-0.2, 0) is 0 Å². The fourth-order valence-electron chi connectivity index (χ4n) is 4.24. The molecular weight excluding hydrogens is 644 g/mol. The molecule has 0 saturated heterocycles. The fraction of sp³-hybridized carbons (Fsp3) is 0. The Morgan fingerprint density at radius 2 is 0.850 bits per heavy atom. The molecule has 0 unspecified atom stereocenters. The Morgan fingerprint density at radius 3 is 1.23 bits per heavy atom. The van der Waals surface area contributed by atoms with Crippen molar-refractivity contribution >= 4 is 53.4 Å². The van der Waals surface area contributed by atoms with Crippen LogP contribution in [0.25, 0.3) is 32.9 Å². The quantitative estimate of drug-likeness (QED) is 0.172. The van der Waals surface area contributed by atoms with Crippen LogP contribution >= 0.6 is 31.9 Å². The molecule has 2 aromatic heterocycles. The van der Waals surface area contributed by atoms with Gasteiger partial charge in [0.1, 0.15) is 23.0 Å². The summed E-state index contributed by atoms with van der Waals surface area (Å²) in [6.07, 6.45) is 3.25. The summed E-state index contributed by atoms with van der Waals surface area (Å²) in [5, 5.41) is 40.3. The number of phenolic OH excluding ortho intramolecular Hbond substituents is 4. The van der Waals surface area contributed by atoms with Gasteiger partial charge < -0.3 is 20.4 Å². The first kappa shape index (κ1) is 27.0. The molecule has 0 aliphatic rings. The van der Waals surface area contributed by atoms with Gasteiger partial charge in [-0.2, -0.15) is 0 Å². The maximum Gasteiger partial charge on any atom is 0.263 e. The zero-order valence-corrected chi connectivity index (χ0v) is 23.7. The number of fused-ring (bicyclic) bond motifs is 2. The maximum absolute atomic E-state index is 12.5. The lowest BCUT2D eigenvalue weighted by Gasteiger charge is -2.10. The van der Waals surface area contributed by atoms with Gasteiger partial charge in [0.25, 0.3) is 11.1 Å². The lowest BCUT2D eigenvalue weighted by atomic mass is 10.1. The topological polar surface area (TPSA) is 125 Å². The maximum atomic E-state index is 12.5. The van der Waals surface area contributed by atoms with E-state index in [0.717, 1.165) is 0 Å². The van der Waals surface area contributed by atoms with Gasteiger partial charge in [-0.05, 0) is 92.5 Å². The Morgan fingerprint density at radius 1 is 0.475 bits per heavy atom. The second kappa shape index (κ2) is 10.9. The van der Waals surface area contributed by atoms with E-state index in [0.29, 0.717) is 41.9 Å². The van der Waals surface area contributed by atoms with Gasteiger partial charge >= 0.3 is 0 Å². The van der Waals surface area contributed by atoms with Gasteiger partial charge in [-0.1, -0.05) is 12.1 Å². The van der Waals surface area contributed by atoms with Gasteiger partial charge in [0.05, 0.1) is 11.4 Å². The Labute approximate surface area is 243 Å². The summed E-state index contributed by atoms with van der Waals surface area (Å²) < 4.78 is 4.27. The second-order valence-electron chi connectivity index (χ2n) is 8.80. The Hall–Kier alpha value is -4.54. The van der Waals surface area contributed by atoms with Gasteiger partial charge in [0.2, 0.25) is 0 Å². The average molecular weight is 664 g/mol. The van der Waals surface area contributed by atoms with Crippen molar-refractivity contribution in [3.8, 4) is 34.4 Å². The first-order chi connectivity index (χ1) is 19.1. The van der Waals surface area contributed by atoms with Crippen molar-refractivity contribution < 1.29 is 20.4 Å². The van der Waals surface area contributed by atoms with E-state index in [4.69, 9.17) is 0 Å². The molecule has 8 nitrogen and oxygen atoms in total. The molecule has 4 N–H and O–H groups in total. The smallest absolute Gasteiger partial charge is 0.263 e. The van der Waals surface area contributed by atoms with E-state index >= 15 is 0 Å². The van der Waals surface area contributed by atoms with Crippen LogP contribution in [0.2, 0.25) is 0 Å². The lowest BCUT2D eigenvalue weighted by molar-refractivity contribution is 0.474. The number of aromatic hydroxyl groups is 4. The van der Waals surface area contributed by atoms with E-state index in [-0.39, 0.29) is 34.1 Å². The van der Waals surface area contributed by atoms with E-state index in [1.54, 1.807) is 60.9 Å². The highest BCUT2D eigenvalue weighted by atomic mass is 79.9. The first-order valence-electron chi connectivity index (χ1n) is 11.8. The van der Waals surface area contributed by atoms with Crippen LogP contribution < -0.4 is 11.1 Å². The van der Waals surface area contributed by atoms with Crippen LogP contribution in [0.4, 0.5) is 0 Å². The minimum Gasteiger partial charge on any atom is -0.508 e. The number of nitrogens with zero attached hydrogens (tertiary/aromatic N) is 2. The minimum atomic E-state index is -0.214. The first-order valence-corrected chi connectivity index (χ1v) is 13.4. The van der Waals surface area contributed by atoms with Gasteiger partial charge in [0.15, 0.2) is 0 Å². The third-order valence-corrected chi connectivity index (χ3v) is 7.38. The van der Waals surface area contributed by atoms with Crippen molar-refractivity contribution in [2.24, 2.45) is 0 Å². The highest BCUT2D eigenvalue weighted by Crippen LogP contribution is 2.27. The molecule has 0 bridgehead atoms. The number of hydrogen-bond acceptors (Lipinski definition) is 6. The number of phenols is 4. The third-order valence-electron chi connectivity index (χ3n) is 6.12. The summed E-state index contributed by atoms with van der Waals surface area (Å²) in [6.45, 7) is 0. The van der Waals surface area contributed by atoms with Gasteiger partial charge in [-0.3, -0.25) is 18.7 Å². The summed E-state index contributed by atoms with van der Waals surface area (Å²) in [4.78, 5) is 25.0. The highest BCUT2D eigenvalue weighted by Gasteiger charge is 2.11. The van der Waals surface area contributed by atoms with E-state index in [1.165, 1.54) is 45.5 Å². The van der Waals surface area contributed by atoms with Gasteiger partial charge in [0, 0.05) is 55.0 Å². The van der Waals surface area contributed by atoms with E-state index in [9.17, 15) is 30.0 Å². The summed E-state index contributed by atoms with van der Waals surface area (Å²) in [5.74, 6) is 0.396. The zero-order valence-electron chi connectivity index (χ0n) is 20.5. The number of hydrogen-bond donors (Lipinski definition) is 4. The predicted octanol–water partition coefficient (Wildman–Crippen LogP) is 6.33. The predicted molar refractivity (Wildman–Crippen MR) is 161 cm³/mol. The highest BCUT2D eigenvalue weighted by molar-refractivity contribution is 9.11. The molecule has 6 aromatic rings. The van der Waals surface area contributed by atoms with Gasteiger partial charge in [-0.15, -0.1) is 0 Å². The molecule has 10 heteroatoms. The molecule has 0 saturated carbocycles. The molecule has 0 fully saturated rings. The zero-order chi connectivity index (χ0) is 28.6. The largest absolute Gasteiger partial charge is 0.508 e. The molecule has 200 valence electrons. The lowest BCUT2D eigenvalue weighted by Crippen LogP contribution is -2.17. The monoisotopic (exact) mass is 662 g/mol. The van der Waals surface area contributed by atoms with Crippen LogP contribution in [0.1, 0.15) is 0 Å². The van der Waals surface area contributed by atoms with Crippen LogP contribution in [0.3, 0.4) is 0 Å². The molecule has 4 aromatic carbocycles. The van der Waals surface area contributed by atoms with Gasteiger partial charge in [-0.25, -0.2) is 0 Å². The summed E-state index contributed by atoms with van der Waals surface area (Å²) >= 11 is 6.80. The molecule has 0 radical (unpaired) electrons. The Balaban J connectivity index is 0.000000161. The van der Waals surface area contributed by atoms with Crippen molar-refractivity contribution in [3.05, 3.63) is 127 Å². The van der Waals surface area contributed by atoms with E-state index < -0.39 is 0 Å². The van der Waals surface area contributed by atoms with Crippen LogP contribution in [0, 0.1) is 0 Å². The Bertz CT molecular complexity index is 1890. The summed E-state index contributed by atoms with van der Waals surface area (Å²) in [6, 6.07) is 22.1. The van der Waals surface area contributed by atoms with Crippen LogP contribution in [0.5, 0.6) is 23.0 Å². The molecule has 40 heavy (non-hydrogen) atoms. The number of rotatable bonds is 2. The number of halogens is 2.